The van der Waals surface area contributed by atoms with Crippen molar-refractivity contribution in [3.8, 4) is 0 Å². The standard InChI is InChI=1S/C21H26N4O4S/c1-15-3-8-18(30-15)21(28)22-13-20(27)24(2)14-19(26)23-16-4-6-17(7-5-16)25-9-11-29-12-10-25/h3-8H,9-14H2,1-2H3,(H,22,28)(H,23,26). The lowest BCUT2D eigenvalue weighted by atomic mass is 10.2. The fraction of sp³-hybridized carbons (Fsp3) is 0.381. The van der Waals surface area contributed by atoms with Crippen molar-refractivity contribution < 1.29 is 19.1 Å². The van der Waals surface area contributed by atoms with Gasteiger partial charge in [-0.05, 0) is 43.3 Å². The van der Waals surface area contributed by atoms with Crippen LogP contribution in [0.2, 0.25) is 0 Å². The van der Waals surface area contributed by atoms with Gasteiger partial charge in [-0.2, -0.15) is 0 Å². The van der Waals surface area contributed by atoms with Crippen LogP contribution in [-0.4, -0.2) is 69.1 Å². The average Bonchev–Trinajstić information content (AvgIpc) is 3.19. The van der Waals surface area contributed by atoms with Crippen molar-refractivity contribution in [1.29, 1.82) is 0 Å². The second-order valence-corrected chi connectivity index (χ2v) is 8.33. The minimum absolute atomic E-state index is 0.0992. The predicted octanol–water partition coefficient (Wildman–Crippen LogP) is 1.72. The number of benzene rings is 1. The van der Waals surface area contributed by atoms with Crippen LogP contribution < -0.4 is 15.5 Å². The van der Waals surface area contributed by atoms with Crippen LogP contribution in [0.4, 0.5) is 11.4 Å². The van der Waals surface area contributed by atoms with Crippen molar-refractivity contribution in [2.24, 2.45) is 0 Å². The Balaban J connectivity index is 1.43. The SMILES string of the molecule is Cc1ccc(C(=O)NCC(=O)N(C)CC(=O)Nc2ccc(N3CCOCC3)cc2)s1. The molecule has 0 unspecified atom stereocenters. The molecule has 3 rings (SSSR count). The third kappa shape index (κ3) is 6.04. The first-order valence-electron chi connectivity index (χ1n) is 9.73. The first-order chi connectivity index (χ1) is 14.4. The monoisotopic (exact) mass is 430 g/mol. The molecule has 0 atom stereocenters. The number of hydrogen-bond acceptors (Lipinski definition) is 6. The highest BCUT2D eigenvalue weighted by molar-refractivity contribution is 7.13. The van der Waals surface area contributed by atoms with Crippen LogP contribution in [0.1, 0.15) is 14.5 Å². The summed E-state index contributed by atoms with van der Waals surface area (Å²) in [7, 11) is 1.53. The molecule has 0 bridgehead atoms. The maximum absolute atomic E-state index is 12.3. The summed E-state index contributed by atoms with van der Waals surface area (Å²) in [5.74, 6) is -0.931. The third-order valence-electron chi connectivity index (χ3n) is 4.70. The summed E-state index contributed by atoms with van der Waals surface area (Å²) in [5.41, 5.74) is 1.75. The third-order valence-corrected chi connectivity index (χ3v) is 5.70. The maximum Gasteiger partial charge on any atom is 0.261 e. The summed E-state index contributed by atoms with van der Waals surface area (Å²) in [5, 5.41) is 5.38. The number of nitrogens with zero attached hydrogens (tertiary/aromatic N) is 2. The molecule has 9 heteroatoms. The van der Waals surface area contributed by atoms with Gasteiger partial charge in [0.05, 0.1) is 31.2 Å². The van der Waals surface area contributed by atoms with Gasteiger partial charge in [-0.15, -0.1) is 11.3 Å². The lowest BCUT2D eigenvalue weighted by Gasteiger charge is -2.28. The Morgan fingerprint density at radius 3 is 2.43 bits per heavy atom. The summed E-state index contributed by atoms with van der Waals surface area (Å²) in [6, 6.07) is 11.2. The lowest BCUT2D eigenvalue weighted by Crippen LogP contribution is -2.41. The molecule has 0 aliphatic carbocycles. The van der Waals surface area contributed by atoms with E-state index in [1.807, 2.05) is 37.3 Å². The van der Waals surface area contributed by atoms with E-state index >= 15 is 0 Å². The summed E-state index contributed by atoms with van der Waals surface area (Å²) in [6.45, 7) is 4.78. The summed E-state index contributed by atoms with van der Waals surface area (Å²) in [6.07, 6.45) is 0. The zero-order valence-electron chi connectivity index (χ0n) is 17.1. The zero-order valence-corrected chi connectivity index (χ0v) is 18.0. The molecule has 2 N–H and O–H groups in total. The number of likely N-dealkylation sites (N-methyl/N-ethyl adjacent to an activating group) is 1. The summed E-state index contributed by atoms with van der Waals surface area (Å²) >= 11 is 1.37. The van der Waals surface area contributed by atoms with E-state index in [-0.39, 0.29) is 30.8 Å². The van der Waals surface area contributed by atoms with E-state index in [4.69, 9.17) is 4.74 Å². The van der Waals surface area contributed by atoms with E-state index < -0.39 is 0 Å². The molecule has 1 fully saturated rings. The number of aryl methyl sites for hydroxylation is 1. The first-order valence-corrected chi connectivity index (χ1v) is 10.6. The van der Waals surface area contributed by atoms with Gasteiger partial charge in [-0.1, -0.05) is 0 Å². The molecule has 0 radical (unpaired) electrons. The van der Waals surface area contributed by atoms with Gasteiger partial charge in [0.25, 0.3) is 5.91 Å². The molecule has 2 heterocycles. The zero-order chi connectivity index (χ0) is 21.5. The minimum Gasteiger partial charge on any atom is -0.378 e. The number of ether oxygens (including phenoxy) is 1. The van der Waals surface area contributed by atoms with E-state index in [1.54, 1.807) is 6.07 Å². The number of amides is 3. The predicted molar refractivity (Wildman–Crippen MR) is 117 cm³/mol. The maximum atomic E-state index is 12.3. The van der Waals surface area contributed by atoms with Crippen LogP contribution in [0.5, 0.6) is 0 Å². The highest BCUT2D eigenvalue weighted by atomic mass is 32.1. The molecule has 1 aliphatic rings. The highest BCUT2D eigenvalue weighted by Crippen LogP contribution is 2.19. The van der Waals surface area contributed by atoms with E-state index in [1.165, 1.54) is 23.3 Å². The first kappa shape index (κ1) is 21.8. The van der Waals surface area contributed by atoms with Crippen LogP contribution in [0, 0.1) is 6.92 Å². The van der Waals surface area contributed by atoms with Crippen molar-refractivity contribution in [3.05, 3.63) is 46.2 Å². The van der Waals surface area contributed by atoms with Gasteiger partial charge < -0.3 is 25.2 Å². The van der Waals surface area contributed by atoms with E-state index in [0.717, 1.165) is 23.7 Å². The Bertz CT molecular complexity index is 891. The van der Waals surface area contributed by atoms with Gasteiger partial charge >= 0.3 is 0 Å². The van der Waals surface area contributed by atoms with Crippen molar-refractivity contribution in [3.63, 3.8) is 0 Å². The fourth-order valence-corrected chi connectivity index (χ4v) is 3.80. The van der Waals surface area contributed by atoms with Crippen LogP contribution in [0.25, 0.3) is 0 Å². The Labute approximate surface area is 179 Å². The second-order valence-electron chi connectivity index (χ2n) is 7.04. The van der Waals surface area contributed by atoms with Gasteiger partial charge in [0.1, 0.15) is 0 Å². The van der Waals surface area contributed by atoms with Crippen LogP contribution in [0.15, 0.2) is 36.4 Å². The molecule has 2 aromatic rings. The molecular formula is C21H26N4O4S. The number of morpholine rings is 1. The van der Waals surface area contributed by atoms with Crippen LogP contribution in [0.3, 0.4) is 0 Å². The average molecular weight is 431 g/mol. The molecule has 0 spiro atoms. The summed E-state index contributed by atoms with van der Waals surface area (Å²) < 4.78 is 5.35. The molecule has 3 amide bonds. The van der Waals surface area contributed by atoms with Gasteiger partial charge in [0.15, 0.2) is 0 Å². The van der Waals surface area contributed by atoms with Gasteiger partial charge in [0.2, 0.25) is 11.8 Å². The molecular weight excluding hydrogens is 404 g/mol. The number of carbonyl (C=O) groups excluding carboxylic acids is 3. The molecule has 1 aromatic carbocycles. The van der Waals surface area contributed by atoms with Gasteiger partial charge in [-0.3, -0.25) is 14.4 Å². The Morgan fingerprint density at radius 1 is 1.10 bits per heavy atom. The Hall–Kier alpha value is -2.91. The highest BCUT2D eigenvalue weighted by Gasteiger charge is 2.16. The molecule has 30 heavy (non-hydrogen) atoms. The molecule has 1 saturated heterocycles. The molecule has 1 aromatic heterocycles. The van der Waals surface area contributed by atoms with Crippen molar-refractivity contribution in [2.75, 3.05) is 56.7 Å². The Kier molecular flexibility index (Phi) is 7.42. The van der Waals surface area contributed by atoms with Crippen LogP contribution in [-0.2, 0) is 14.3 Å². The van der Waals surface area contributed by atoms with Gasteiger partial charge in [0, 0.05) is 36.4 Å². The number of nitrogens with one attached hydrogen (secondary N) is 2. The van der Waals surface area contributed by atoms with Crippen molar-refractivity contribution >= 4 is 40.4 Å². The quantitative estimate of drug-likeness (QED) is 0.698. The second kappa shape index (κ2) is 10.2. The smallest absolute Gasteiger partial charge is 0.261 e. The van der Waals surface area contributed by atoms with Crippen molar-refractivity contribution in [1.82, 2.24) is 10.2 Å². The number of thiophene rings is 1. The van der Waals surface area contributed by atoms with Crippen molar-refractivity contribution in [2.45, 2.75) is 6.92 Å². The number of anilines is 2. The largest absolute Gasteiger partial charge is 0.378 e. The number of rotatable bonds is 7. The summed E-state index contributed by atoms with van der Waals surface area (Å²) in [4.78, 5) is 41.6. The van der Waals surface area contributed by atoms with E-state index in [0.29, 0.717) is 23.8 Å². The van der Waals surface area contributed by atoms with E-state index in [2.05, 4.69) is 15.5 Å². The minimum atomic E-state index is -0.338. The molecule has 1 aliphatic heterocycles. The number of carbonyl (C=O) groups is 3. The molecule has 0 saturated carbocycles. The lowest BCUT2D eigenvalue weighted by molar-refractivity contribution is -0.132. The van der Waals surface area contributed by atoms with Crippen LogP contribution >= 0.6 is 11.3 Å². The van der Waals surface area contributed by atoms with E-state index in [9.17, 15) is 14.4 Å². The normalized spacial score (nSPS) is 13.6. The Morgan fingerprint density at radius 2 is 1.80 bits per heavy atom. The topological polar surface area (TPSA) is 91.0 Å². The molecule has 8 nitrogen and oxygen atoms in total. The fourth-order valence-electron chi connectivity index (χ4n) is 3.02. The number of hydrogen-bond donors (Lipinski definition) is 2. The molecule has 160 valence electrons. The van der Waals surface area contributed by atoms with Gasteiger partial charge in [-0.25, -0.2) is 0 Å².